The van der Waals surface area contributed by atoms with Crippen molar-refractivity contribution in [2.24, 2.45) is 0 Å². The van der Waals surface area contributed by atoms with Gasteiger partial charge in [0.1, 0.15) is 11.4 Å². The SMILES string of the molecule is C#C.C#CC(OC)/C(=C\CC=CCCC(OC)c1c[nH]c2ncccc12)OCC/C=C\C(Cl)=C/C. The maximum absolute atomic E-state index is 5.95. The summed E-state index contributed by atoms with van der Waals surface area (Å²) in [5.74, 6) is 3.26. The predicted molar refractivity (Wildman–Crippen MR) is 146 cm³/mol. The van der Waals surface area contributed by atoms with Crippen LogP contribution in [0.3, 0.4) is 0 Å². The highest BCUT2D eigenvalue weighted by Gasteiger charge is 2.15. The van der Waals surface area contributed by atoms with Gasteiger partial charge >= 0.3 is 0 Å². The summed E-state index contributed by atoms with van der Waals surface area (Å²) in [6.45, 7) is 2.39. The molecule has 0 spiro atoms. The summed E-state index contributed by atoms with van der Waals surface area (Å²) in [7, 11) is 3.32. The van der Waals surface area contributed by atoms with Crippen LogP contribution >= 0.6 is 11.6 Å². The first-order valence-corrected chi connectivity index (χ1v) is 11.8. The molecular formula is C29H35ClN2O3. The van der Waals surface area contributed by atoms with E-state index in [4.69, 9.17) is 32.2 Å². The van der Waals surface area contributed by atoms with Crippen molar-refractivity contribution < 1.29 is 14.2 Å². The predicted octanol–water partition coefficient (Wildman–Crippen LogP) is 6.86. The third kappa shape index (κ3) is 10.3. The summed E-state index contributed by atoms with van der Waals surface area (Å²) < 4.78 is 16.9. The van der Waals surface area contributed by atoms with Crippen molar-refractivity contribution in [2.75, 3.05) is 20.8 Å². The number of nitrogens with zero attached hydrogens (tertiary/aromatic N) is 1. The Bertz CT molecular complexity index is 1060. The van der Waals surface area contributed by atoms with Gasteiger partial charge in [0.2, 0.25) is 0 Å². The number of aromatic nitrogens is 2. The highest BCUT2D eigenvalue weighted by atomic mass is 35.5. The quantitative estimate of drug-likeness (QED) is 0.102. The lowest BCUT2D eigenvalue weighted by Crippen LogP contribution is -2.14. The fraction of sp³-hybridized carbons (Fsp3) is 0.345. The van der Waals surface area contributed by atoms with Gasteiger partial charge in [-0.1, -0.05) is 41.8 Å². The third-order valence-corrected chi connectivity index (χ3v) is 5.43. The van der Waals surface area contributed by atoms with Crippen molar-refractivity contribution >= 4 is 22.6 Å². The number of fused-ring (bicyclic) bond motifs is 1. The zero-order valence-corrected chi connectivity index (χ0v) is 21.5. The number of halogens is 1. The van der Waals surface area contributed by atoms with Gasteiger partial charge in [-0.15, -0.1) is 19.3 Å². The Morgan fingerprint density at radius 1 is 1.20 bits per heavy atom. The monoisotopic (exact) mass is 494 g/mol. The van der Waals surface area contributed by atoms with Crippen LogP contribution in [0.25, 0.3) is 11.0 Å². The molecule has 2 aromatic heterocycles. The maximum atomic E-state index is 5.95. The number of pyridine rings is 1. The van der Waals surface area contributed by atoms with E-state index in [0.29, 0.717) is 23.8 Å². The Morgan fingerprint density at radius 3 is 2.69 bits per heavy atom. The number of allylic oxidation sites excluding steroid dienone is 6. The Morgan fingerprint density at radius 2 is 2.00 bits per heavy atom. The average Bonchev–Trinajstić information content (AvgIpc) is 3.33. The summed E-state index contributed by atoms with van der Waals surface area (Å²) in [6, 6.07) is 4.00. The van der Waals surface area contributed by atoms with Crippen LogP contribution in [0, 0.1) is 25.2 Å². The molecule has 5 nitrogen and oxygen atoms in total. The van der Waals surface area contributed by atoms with Gasteiger partial charge in [0.05, 0.1) is 12.7 Å². The van der Waals surface area contributed by atoms with Crippen molar-refractivity contribution in [3.63, 3.8) is 0 Å². The number of H-pyrrole nitrogens is 1. The van der Waals surface area contributed by atoms with Gasteiger partial charge in [-0.3, -0.25) is 0 Å². The Hall–Kier alpha value is -3.22. The second-order valence-electron chi connectivity index (χ2n) is 7.25. The summed E-state index contributed by atoms with van der Waals surface area (Å²) in [5, 5.41) is 1.80. The van der Waals surface area contributed by atoms with E-state index in [0.717, 1.165) is 35.9 Å². The normalized spacial score (nSPS) is 14.0. The van der Waals surface area contributed by atoms with Crippen molar-refractivity contribution in [1.29, 1.82) is 0 Å². The van der Waals surface area contributed by atoms with E-state index in [-0.39, 0.29) is 6.10 Å². The van der Waals surface area contributed by atoms with Gasteiger partial charge in [0.25, 0.3) is 0 Å². The van der Waals surface area contributed by atoms with Gasteiger partial charge in [-0.25, -0.2) is 4.98 Å². The Kier molecular flexibility index (Phi) is 15.5. The molecule has 2 unspecified atom stereocenters. The molecule has 2 aromatic rings. The molecule has 0 saturated carbocycles. The van der Waals surface area contributed by atoms with Crippen LogP contribution in [0.5, 0.6) is 0 Å². The highest BCUT2D eigenvalue weighted by molar-refractivity contribution is 6.31. The molecule has 0 radical (unpaired) electrons. The summed E-state index contributed by atoms with van der Waals surface area (Å²) >= 11 is 5.95. The zero-order valence-electron chi connectivity index (χ0n) is 20.7. The number of hydrogen-bond donors (Lipinski definition) is 1. The fourth-order valence-electron chi connectivity index (χ4n) is 3.33. The zero-order chi connectivity index (χ0) is 25.9. The van der Waals surface area contributed by atoms with Crippen LogP contribution in [-0.4, -0.2) is 36.9 Å². The smallest absolute Gasteiger partial charge is 0.173 e. The van der Waals surface area contributed by atoms with Crippen molar-refractivity contribution in [1.82, 2.24) is 9.97 Å². The Balaban J connectivity index is 0.00000298. The second-order valence-corrected chi connectivity index (χ2v) is 7.69. The topological polar surface area (TPSA) is 56.4 Å². The van der Waals surface area contributed by atoms with Crippen LogP contribution in [0.4, 0.5) is 0 Å². The molecular weight excluding hydrogens is 460 g/mol. The number of aromatic amines is 1. The summed E-state index contributed by atoms with van der Waals surface area (Å²) in [4.78, 5) is 7.56. The van der Waals surface area contributed by atoms with Crippen LogP contribution in [0.2, 0.25) is 0 Å². The van der Waals surface area contributed by atoms with Crippen LogP contribution in [-0.2, 0) is 14.2 Å². The molecule has 2 atom stereocenters. The van der Waals surface area contributed by atoms with Gasteiger partial charge in [-0.2, -0.15) is 0 Å². The average molecular weight is 495 g/mol. The van der Waals surface area contributed by atoms with Crippen molar-refractivity contribution in [3.05, 3.63) is 77.3 Å². The third-order valence-electron chi connectivity index (χ3n) is 5.08. The molecule has 0 aliphatic rings. The number of rotatable bonds is 14. The molecule has 0 fully saturated rings. The van der Waals surface area contributed by atoms with Gasteiger partial charge in [0.15, 0.2) is 6.10 Å². The number of ether oxygens (including phenoxy) is 3. The molecule has 0 saturated heterocycles. The van der Waals surface area contributed by atoms with E-state index in [1.807, 2.05) is 43.5 Å². The molecule has 0 aliphatic carbocycles. The van der Waals surface area contributed by atoms with E-state index in [2.05, 4.69) is 47.0 Å². The minimum absolute atomic E-state index is 0.00506. The molecule has 0 amide bonds. The van der Waals surface area contributed by atoms with E-state index in [9.17, 15) is 0 Å². The number of methoxy groups -OCH3 is 2. The molecule has 0 bridgehead atoms. The molecule has 6 heteroatoms. The van der Waals surface area contributed by atoms with Gasteiger partial charge in [-0.05, 0) is 56.9 Å². The van der Waals surface area contributed by atoms with Crippen molar-refractivity contribution in [3.8, 4) is 25.2 Å². The van der Waals surface area contributed by atoms with E-state index in [1.165, 1.54) is 0 Å². The van der Waals surface area contributed by atoms with E-state index < -0.39 is 6.10 Å². The lowest BCUT2D eigenvalue weighted by molar-refractivity contribution is 0.0964. The molecule has 35 heavy (non-hydrogen) atoms. The van der Waals surface area contributed by atoms with Crippen LogP contribution in [0.15, 0.2) is 71.8 Å². The number of nitrogens with one attached hydrogen (secondary N) is 1. The maximum Gasteiger partial charge on any atom is 0.173 e. The largest absolute Gasteiger partial charge is 0.494 e. The Labute approximate surface area is 214 Å². The lowest BCUT2D eigenvalue weighted by atomic mass is 10.0. The number of hydrogen-bond acceptors (Lipinski definition) is 4. The first kappa shape index (κ1) is 29.8. The highest BCUT2D eigenvalue weighted by Crippen LogP contribution is 2.28. The summed E-state index contributed by atoms with van der Waals surface area (Å²) in [6.07, 6.45) is 31.9. The van der Waals surface area contributed by atoms with Gasteiger partial charge in [0, 0.05) is 42.6 Å². The molecule has 186 valence electrons. The van der Waals surface area contributed by atoms with E-state index >= 15 is 0 Å². The minimum atomic E-state index is -0.505. The second kappa shape index (κ2) is 18.2. The number of terminal acetylenes is 2. The molecule has 2 rings (SSSR count). The van der Waals surface area contributed by atoms with Crippen LogP contribution < -0.4 is 0 Å². The first-order valence-electron chi connectivity index (χ1n) is 11.4. The standard InChI is InChI=1S/C27H33ClN2O3.C2H2/c1-5-21(28)14-11-12-19-33-26(24(6-2)31-3)17-10-8-7-9-16-25(32-4)23-20-30-27-22(23)15-13-18-29-27;1-2/h2,5,7-8,11,13-15,17-18,20,24-25H,9-10,12,16,19H2,1,3-4H3,(H,29,30);1-2H/b8-7?,14-11-,21-5+,26-17+;. The molecule has 0 aromatic carbocycles. The molecule has 1 N–H and O–H groups in total. The van der Waals surface area contributed by atoms with Crippen LogP contribution in [0.1, 0.15) is 44.3 Å². The van der Waals surface area contributed by atoms with E-state index in [1.54, 1.807) is 20.4 Å². The first-order chi connectivity index (χ1) is 17.1. The van der Waals surface area contributed by atoms with Gasteiger partial charge < -0.3 is 19.2 Å². The van der Waals surface area contributed by atoms with Crippen molar-refractivity contribution in [2.45, 2.75) is 44.8 Å². The molecule has 0 aliphatic heterocycles. The summed E-state index contributed by atoms with van der Waals surface area (Å²) in [5.41, 5.74) is 2.01. The lowest BCUT2D eigenvalue weighted by Gasteiger charge is -2.15. The minimum Gasteiger partial charge on any atom is -0.494 e. The molecule has 2 heterocycles. The fourth-order valence-corrected chi connectivity index (χ4v) is 3.42.